The van der Waals surface area contributed by atoms with Crippen molar-refractivity contribution >= 4 is 17.3 Å². The molecule has 1 amide bonds. The predicted molar refractivity (Wildman–Crippen MR) is 77.2 cm³/mol. The Morgan fingerprint density at radius 2 is 1.89 bits per heavy atom. The molecule has 0 aliphatic carbocycles. The molecule has 0 saturated heterocycles. The summed E-state index contributed by atoms with van der Waals surface area (Å²) in [5.41, 5.74) is 8.59. The predicted octanol–water partition coefficient (Wildman–Crippen LogP) is 2.50. The maximum Gasteiger partial charge on any atom is 0.276 e. The van der Waals surface area contributed by atoms with Gasteiger partial charge in [0, 0.05) is 12.7 Å². The maximum atomic E-state index is 12.2. The Bertz CT molecular complexity index is 561. The van der Waals surface area contributed by atoms with Crippen molar-refractivity contribution in [2.45, 2.75) is 13.3 Å². The lowest BCUT2D eigenvalue weighted by molar-refractivity contribution is 0.0988. The number of benzene rings is 1. The van der Waals surface area contributed by atoms with Gasteiger partial charge in [0.15, 0.2) is 0 Å². The van der Waals surface area contributed by atoms with Gasteiger partial charge in [-0.15, -0.1) is 0 Å². The smallest absolute Gasteiger partial charge is 0.276 e. The van der Waals surface area contributed by atoms with Crippen LogP contribution >= 0.6 is 0 Å². The van der Waals surface area contributed by atoms with Gasteiger partial charge in [-0.2, -0.15) is 0 Å². The number of nitrogens with two attached hydrogens (primary N) is 1. The van der Waals surface area contributed by atoms with Gasteiger partial charge in [0.2, 0.25) is 0 Å². The fourth-order valence-corrected chi connectivity index (χ4v) is 1.78. The van der Waals surface area contributed by atoms with Crippen molar-refractivity contribution in [2.24, 2.45) is 0 Å². The highest BCUT2D eigenvalue weighted by atomic mass is 16.2. The molecule has 0 aliphatic rings. The Balaban J connectivity index is 2.20. The summed E-state index contributed by atoms with van der Waals surface area (Å²) < 4.78 is 0. The number of hydrogen-bond donors (Lipinski definition) is 1. The topological polar surface area (TPSA) is 59.2 Å². The molecule has 1 aromatic heterocycles. The lowest BCUT2D eigenvalue weighted by Gasteiger charge is -2.17. The van der Waals surface area contributed by atoms with Crippen LogP contribution in [0.5, 0.6) is 0 Å². The Hall–Kier alpha value is -2.36. The van der Waals surface area contributed by atoms with E-state index >= 15 is 0 Å². The number of nitrogen functional groups attached to an aromatic ring is 1. The normalized spacial score (nSPS) is 10.2. The Morgan fingerprint density at radius 3 is 2.42 bits per heavy atom. The molecule has 0 atom stereocenters. The third kappa shape index (κ3) is 2.91. The molecule has 0 fully saturated rings. The molecule has 0 bridgehead atoms. The average Bonchev–Trinajstić information content (AvgIpc) is 2.46. The third-order valence-corrected chi connectivity index (χ3v) is 3.04. The van der Waals surface area contributed by atoms with Crippen LogP contribution in [-0.4, -0.2) is 17.9 Å². The van der Waals surface area contributed by atoms with Crippen molar-refractivity contribution in [1.29, 1.82) is 0 Å². The van der Waals surface area contributed by atoms with E-state index in [0.717, 1.165) is 12.1 Å². The van der Waals surface area contributed by atoms with Crippen LogP contribution in [-0.2, 0) is 6.42 Å². The zero-order valence-electron chi connectivity index (χ0n) is 11.1. The highest BCUT2D eigenvalue weighted by molar-refractivity contribution is 6.04. The molecule has 2 aromatic rings. The van der Waals surface area contributed by atoms with E-state index in [9.17, 15) is 4.79 Å². The molecule has 1 heterocycles. The Kier molecular flexibility index (Phi) is 3.80. The third-order valence-electron chi connectivity index (χ3n) is 3.04. The van der Waals surface area contributed by atoms with E-state index in [1.54, 1.807) is 24.1 Å². The van der Waals surface area contributed by atoms with Crippen LogP contribution in [0.15, 0.2) is 42.6 Å². The average molecular weight is 255 g/mol. The van der Waals surface area contributed by atoms with Gasteiger partial charge in [-0.1, -0.05) is 19.1 Å². The first kappa shape index (κ1) is 13.1. The van der Waals surface area contributed by atoms with E-state index in [2.05, 4.69) is 11.9 Å². The van der Waals surface area contributed by atoms with Crippen LogP contribution in [0.25, 0.3) is 0 Å². The van der Waals surface area contributed by atoms with Gasteiger partial charge in [0.05, 0.1) is 11.9 Å². The van der Waals surface area contributed by atoms with Crippen LogP contribution in [0.2, 0.25) is 0 Å². The molecule has 1 aromatic carbocycles. The largest absolute Gasteiger partial charge is 0.397 e. The summed E-state index contributed by atoms with van der Waals surface area (Å²) in [5, 5.41) is 0. The summed E-state index contributed by atoms with van der Waals surface area (Å²) in [6.45, 7) is 2.10. The van der Waals surface area contributed by atoms with E-state index in [4.69, 9.17) is 5.73 Å². The van der Waals surface area contributed by atoms with Crippen LogP contribution in [0, 0.1) is 0 Å². The summed E-state index contributed by atoms with van der Waals surface area (Å²) >= 11 is 0. The monoisotopic (exact) mass is 255 g/mol. The highest BCUT2D eigenvalue weighted by Gasteiger charge is 2.14. The van der Waals surface area contributed by atoms with Gasteiger partial charge < -0.3 is 10.6 Å². The minimum Gasteiger partial charge on any atom is -0.397 e. The first-order chi connectivity index (χ1) is 9.11. The van der Waals surface area contributed by atoms with Gasteiger partial charge in [0.25, 0.3) is 5.91 Å². The van der Waals surface area contributed by atoms with Crippen molar-refractivity contribution < 1.29 is 4.79 Å². The van der Waals surface area contributed by atoms with Crippen LogP contribution in [0.4, 0.5) is 11.4 Å². The molecular formula is C15H17N3O. The Labute approximate surface area is 112 Å². The van der Waals surface area contributed by atoms with Crippen LogP contribution < -0.4 is 10.6 Å². The van der Waals surface area contributed by atoms with Gasteiger partial charge in [-0.25, -0.2) is 4.98 Å². The van der Waals surface area contributed by atoms with Gasteiger partial charge >= 0.3 is 0 Å². The summed E-state index contributed by atoms with van der Waals surface area (Å²) in [5.74, 6) is -0.149. The zero-order chi connectivity index (χ0) is 13.8. The van der Waals surface area contributed by atoms with Crippen molar-refractivity contribution in [3.8, 4) is 0 Å². The summed E-state index contributed by atoms with van der Waals surface area (Å²) in [4.78, 5) is 17.9. The number of anilines is 2. The van der Waals surface area contributed by atoms with Crippen molar-refractivity contribution in [3.63, 3.8) is 0 Å². The number of carbonyl (C=O) groups is 1. The van der Waals surface area contributed by atoms with Crippen molar-refractivity contribution in [1.82, 2.24) is 4.98 Å². The standard InChI is InChI=1S/C15H17N3O/c1-3-11-4-7-13(8-5-11)18(2)15(19)14-9-6-12(16)10-17-14/h4-10H,3,16H2,1-2H3. The first-order valence-electron chi connectivity index (χ1n) is 6.20. The van der Waals surface area contributed by atoms with Gasteiger partial charge in [0.1, 0.15) is 5.69 Å². The van der Waals surface area contributed by atoms with Crippen LogP contribution in [0.3, 0.4) is 0 Å². The second-order valence-electron chi connectivity index (χ2n) is 4.36. The SMILES string of the molecule is CCc1ccc(N(C)C(=O)c2ccc(N)cn2)cc1. The number of aromatic nitrogens is 1. The summed E-state index contributed by atoms with van der Waals surface area (Å²) in [6.07, 6.45) is 2.47. The molecule has 0 aliphatic heterocycles. The molecule has 4 nitrogen and oxygen atoms in total. The minimum atomic E-state index is -0.149. The lowest BCUT2D eigenvalue weighted by atomic mass is 10.1. The molecule has 0 saturated carbocycles. The van der Waals surface area contributed by atoms with Crippen molar-refractivity contribution in [3.05, 3.63) is 53.9 Å². The second-order valence-corrected chi connectivity index (χ2v) is 4.36. The van der Waals surface area contributed by atoms with E-state index in [-0.39, 0.29) is 5.91 Å². The Morgan fingerprint density at radius 1 is 1.21 bits per heavy atom. The van der Waals surface area contributed by atoms with E-state index in [1.165, 1.54) is 11.8 Å². The van der Waals surface area contributed by atoms with Crippen LogP contribution in [0.1, 0.15) is 23.0 Å². The lowest BCUT2D eigenvalue weighted by Crippen LogP contribution is -2.27. The molecule has 0 spiro atoms. The second kappa shape index (κ2) is 5.52. The molecular weight excluding hydrogens is 238 g/mol. The quantitative estimate of drug-likeness (QED) is 0.916. The minimum absolute atomic E-state index is 0.149. The number of amides is 1. The fraction of sp³-hybridized carbons (Fsp3) is 0.200. The van der Waals surface area contributed by atoms with Gasteiger partial charge in [-0.05, 0) is 36.2 Å². The molecule has 2 N–H and O–H groups in total. The molecule has 4 heteroatoms. The molecule has 0 radical (unpaired) electrons. The summed E-state index contributed by atoms with van der Waals surface area (Å²) in [6, 6.07) is 11.2. The molecule has 0 unspecified atom stereocenters. The fourth-order valence-electron chi connectivity index (χ4n) is 1.78. The number of rotatable bonds is 3. The number of carbonyl (C=O) groups excluding carboxylic acids is 1. The highest BCUT2D eigenvalue weighted by Crippen LogP contribution is 2.16. The van der Waals surface area contributed by atoms with Crippen molar-refractivity contribution in [2.75, 3.05) is 17.7 Å². The molecule has 2 rings (SSSR count). The van der Waals surface area contributed by atoms with E-state index in [1.807, 2.05) is 24.3 Å². The van der Waals surface area contributed by atoms with Gasteiger partial charge in [-0.3, -0.25) is 4.79 Å². The first-order valence-corrected chi connectivity index (χ1v) is 6.20. The number of pyridine rings is 1. The zero-order valence-corrected chi connectivity index (χ0v) is 11.1. The number of hydrogen-bond acceptors (Lipinski definition) is 3. The molecule has 98 valence electrons. The van der Waals surface area contributed by atoms with E-state index in [0.29, 0.717) is 11.4 Å². The molecule has 19 heavy (non-hydrogen) atoms. The number of nitrogens with zero attached hydrogens (tertiary/aromatic N) is 2. The maximum absolute atomic E-state index is 12.2. The van der Waals surface area contributed by atoms with E-state index < -0.39 is 0 Å². The number of aryl methyl sites for hydroxylation is 1. The summed E-state index contributed by atoms with van der Waals surface area (Å²) in [7, 11) is 1.74.